The Bertz CT molecular complexity index is 599. The summed E-state index contributed by atoms with van der Waals surface area (Å²) in [5.41, 5.74) is -0.337. The molecule has 0 saturated heterocycles. The number of aromatic amines is 1. The van der Waals surface area contributed by atoms with Crippen molar-refractivity contribution >= 4 is 15.7 Å². The molecule has 8 nitrogen and oxygen atoms in total. The van der Waals surface area contributed by atoms with Crippen LogP contribution in [0.15, 0.2) is 0 Å². The summed E-state index contributed by atoms with van der Waals surface area (Å²) in [6.45, 7) is 3.10. The second kappa shape index (κ2) is 5.14. The zero-order chi connectivity index (χ0) is 13.9. The maximum absolute atomic E-state index is 11.4. The van der Waals surface area contributed by atoms with Gasteiger partial charge in [0.1, 0.15) is 6.07 Å². The Kier molecular flexibility index (Phi) is 4.03. The summed E-state index contributed by atoms with van der Waals surface area (Å²) in [6, 6.07) is 1.60. The van der Waals surface area contributed by atoms with Gasteiger partial charge in [0.05, 0.1) is 11.7 Å². The van der Waals surface area contributed by atoms with E-state index in [-0.39, 0.29) is 23.0 Å². The maximum atomic E-state index is 11.4. The van der Waals surface area contributed by atoms with E-state index in [1.807, 2.05) is 0 Å². The lowest BCUT2D eigenvalue weighted by atomic mass is 10.2. The van der Waals surface area contributed by atoms with E-state index in [1.54, 1.807) is 13.0 Å². The van der Waals surface area contributed by atoms with Crippen LogP contribution in [0.25, 0.3) is 0 Å². The van der Waals surface area contributed by atoms with Crippen LogP contribution < -0.4 is 0 Å². The SMILES string of the molecule is CCS(=O)(=O)CC(C)c1nc(C#N)c([N+](=O)[O-])[nH]1. The van der Waals surface area contributed by atoms with Gasteiger partial charge < -0.3 is 10.1 Å². The molecule has 0 spiro atoms. The molecule has 0 saturated carbocycles. The number of hydrogen-bond donors (Lipinski definition) is 1. The number of nitrogens with one attached hydrogen (secondary N) is 1. The van der Waals surface area contributed by atoms with Crippen molar-refractivity contribution in [2.24, 2.45) is 0 Å². The number of hydrogen-bond acceptors (Lipinski definition) is 6. The molecule has 0 aliphatic carbocycles. The summed E-state index contributed by atoms with van der Waals surface area (Å²) in [5, 5.41) is 19.3. The summed E-state index contributed by atoms with van der Waals surface area (Å²) in [5.74, 6) is -1.08. The third-order valence-corrected chi connectivity index (χ3v) is 4.29. The van der Waals surface area contributed by atoms with Crippen molar-refractivity contribution in [2.45, 2.75) is 19.8 Å². The lowest BCUT2D eigenvalue weighted by molar-refractivity contribution is -0.389. The van der Waals surface area contributed by atoms with Gasteiger partial charge >= 0.3 is 5.82 Å². The van der Waals surface area contributed by atoms with Gasteiger partial charge in [-0.1, -0.05) is 13.8 Å². The Hall–Kier alpha value is -1.95. The molecule has 0 aliphatic rings. The zero-order valence-electron chi connectivity index (χ0n) is 9.87. The van der Waals surface area contributed by atoms with Crippen LogP contribution in [0.3, 0.4) is 0 Å². The molecule has 0 aliphatic heterocycles. The number of H-pyrrole nitrogens is 1. The normalized spacial score (nSPS) is 12.9. The van der Waals surface area contributed by atoms with Gasteiger partial charge in [-0.2, -0.15) is 10.2 Å². The number of rotatable bonds is 5. The van der Waals surface area contributed by atoms with Crippen LogP contribution >= 0.6 is 0 Å². The number of imidazole rings is 1. The van der Waals surface area contributed by atoms with Gasteiger partial charge in [-0.05, 0) is 4.92 Å². The first-order valence-electron chi connectivity index (χ1n) is 5.15. The second-order valence-electron chi connectivity index (χ2n) is 3.79. The standard InChI is InChI=1S/C9H12N4O4S/c1-3-18(16,17)5-6(2)8-11-7(4-10)9(12-8)13(14)15/h6H,3,5H2,1-2H3,(H,11,12). The van der Waals surface area contributed by atoms with Crippen molar-refractivity contribution in [1.82, 2.24) is 9.97 Å². The molecule has 0 aromatic carbocycles. The highest BCUT2D eigenvalue weighted by atomic mass is 32.2. The van der Waals surface area contributed by atoms with Gasteiger partial charge in [0.25, 0.3) is 0 Å². The number of nitriles is 1. The molecule has 0 radical (unpaired) electrons. The average Bonchev–Trinajstić information content (AvgIpc) is 2.72. The van der Waals surface area contributed by atoms with Crippen molar-refractivity contribution in [3.8, 4) is 6.07 Å². The highest BCUT2D eigenvalue weighted by Gasteiger charge is 2.25. The minimum Gasteiger partial charge on any atom is -0.358 e. The van der Waals surface area contributed by atoms with Crippen LogP contribution in [-0.4, -0.2) is 34.8 Å². The lowest BCUT2D eigenvalue weighted by Crippen LogP contribution is -2.15. The third kappa shape index (κ3) is 3.04. The van der Waals surface area contributed by atoms with Gasteiger partial charge in [-0.3, -0.25) is 0 Å². The number of aromatic nitrogens is 2. The smallest absolute Gasteiger partial charge is 0.358 e. The first-order valence-corrected chi connectivity index (χ1v) is 6.97. The summed E-state index contributed by atoms with van der Waals surface area (Å²) in [6.07, 6.45) is 0. The summed E-state index contributed by atoms with van der Waals surface area (Å²) >= 11 is 0. The zero-order valence-corrected chi connectivity index (χ0v) is 10.7. The number of nitrogens with zero attached hydrogens (tertiary/aromatic N) is 3. The molecule has 1 rings (SSSR count). The van der Waals surface area contributed by atoms with E-state index in [1.165, 1.54) is 6.92 Å². The molecule has 1 atom stereocenters. The van der Waals surface area contributed by atoms with Crippen LogP contribution in [-0.2, 0) is 9.84 Å². The van der Waals surface area contributed by atoms with E-state index in [4.69, 9.17) is 5.26 Å². The fourth-order valence-electron chi connectivity index (χ4n) is 1.40. The molecule has 1 unspecified atom stereocenters. The van der Waals surface area contributed by atoms with Crippen LogP contribution in [0.2, 0.25) is 0 Å². The Balaban J connectivity index is 3.05. The Morgan fingerprint density at radius 1 is 1.61 bits per heavy atom. The summed E-state index contributed by atoms with van der Waals surface area (Å²) in [7, 11) is -3.21. The molecule has 0 bridgehead atoms. The van der Waals surface area contributed by atoms with E-state index in [9.17, 15) is 18.5 Å². The van der Waals surface area contributed by atoms with Gasteiger partial charge in [0.2, 0.25) is 5.69 Å². The molecular formula is C9H12N4O4S. The monoisotopic (exact) mass is 272 g/mol. The predicted octanol–water partition coefficient (Wildman–Crippen LogP) is 0.728. The molecule has 0 amide bonds. The molecule has 1 N–H and O–H groups in total. The fraction of sp³-hybridized carbons (Fsp3) is 0.556. The summed E-state index contributed by atoms with van der Waals surface area (Å²) < 4.78 is 22.9. The number of nitro groups is 1. The Morgan fingerprint density at radius 3 is 2.61 bits per heavy atom. The summed E-state index contributed by atoms with van der Waals surface area (Å²) in [4.78, 5) is 16.0. The molecule has 1 aromatic rings. The van der Waals surface area contributed by atoms with E-state index < -0.39 is 26.5 Å². The molecule has 98 valence electrons. The van der Waals surface area contributed by atoms with Crippen molar-refractivity contribution in [2.75, 3.05) is 11.5 Å². The maximum Gasteiger partial charge on any atom is 0.359 e. The topological polar surface area (TPSA) is 130 Å². The molecular weight excluding hydrogens is 260 g/mol. The second-order valence-corrected chi connectivity index (χ2v) is 6.19. The average molecular weight is 272 g/mol. The fourth-order valence-corrected chi connectivity index (χ4v) is 2.56. The van der Waals surface area contributed by atoms with E-state index in [0.29, 0.717) is 0 Å². The van der Waals surface area contributed by atoms with Crippen molar-refractivity contribution in [3.63, 3.8) is 0 Å². The molecule has 0 fully saturated rings. The molecule has 18 heavy (non-hydrogen) atoms. The molecule has 1 heterocycles. The predicted molar refractivity (Wildman–Crippen MR) is 62.7 cm³/mol. The van der Waals surface area contributed by atoms with Crippen LogP contribution in [0, 0.1) is 21.4 Å². The highest BCUT2D eigenvalue weighted by molar-refractivity contribution is 7.91. The molecule has 9 heteroatoms. The minimum atomic E-state index is -3.21. The Labute approximate surface area is 104 Å². The van der Waals surface area contributed by atoms with Crippen molar-refractivity contribution in [1.29, 1.82) is 5.26 Å². The van der Waals surface area contributed by atoms with Crippen LogP contribution in [0.5, 0.6) is 0 Å². The van der Waals surface area contributed by atoms with Gasteiger partial charge in [0.15, 0.2) is 15.7 Å². The molecule has 1 aromatic heterocycles. The minimum absolute atomic E-state index is 0.00868. The number of sulfone groups is 1. The lowest BCUT2D eigenvalue weighted by Gasteiger charge is -2.05. The largest absolute Gasteiger partial charge is 0.359 e. The van der Waals surface area contributed by atoms with Crippen LogP contribution in [0.1, 0.15) is 31.3 Å². The quantitative estimate of drug-likeness (QED) is 0.621. The highest BCUT2D eigenvalue weighted by Crippen LogP contribution is 2.21. The van der Waals surface area contributed by atoms with E-state index >= 15 is 0 Å². The first-order chi connectivity index (χ1) is 8.30. The Morgan fingerprint density at radius 2 is 2.22 bits per heavy atom. The van der Waals surface area contributed by atoms with Gasteiger partial charge in [-0.15, -0.1) is 0 Å². The third-order valence-electron chi connectivity index (χ3n) is 2.40. The van der Waals surface area contributed by atoms with Crippen molar-refractivity contribution < 1.29 is 13.3 Å². The van der Waals surface area contributed by atoms with Crippen molar-refractivity contribution in [3.05, 3.63) is 21.6 Å². The van der Waals surface area contributed by atoms with Gasteiger partial charge in [0, 0.05) is 5.75 Å². The van der Waals surface area contributed by atoms with Gasteiger partial charge in [-0.25, -0.2) is 13.4 Å². The van der Waals surface area contributed by atoms with Crippen LogP contribution in [0.4, 0.5) is 5.82 Å². The van der Waals surface area contributed by atoms with E-state index in [0.717, 1.165) is 0 Å². The first kappa shape index (κ1) is 14.1. The van der Waals surface area contributed by atoms with E-state index in [2.05, 4.69) is 9.97 Å².